The Hall–Kier alpha value is -0.0400. The molecule has 0 spiro atoms. The van der Waals surface area contributed by atoms with E-state index in [0.29, 0.717) is 29.1 Å². The Morgan fingerprint density at radius 3 is 1.73 bits per heavy atom. The predicted octanol–water partition coefficient (Wildman–Crippen LogP) is 8.95. The first-order valence-corrected chi connectivity index (χ1v) is 13.5. The van der Waals surface area contributed by atoms with Gasteiger partial charge in [0.25, 0.3) is 0 Å². The fraction of sp³-hybridized carbons (Fsp3) is 1.00. The maximum absolute atomic E-state index is 7.48. The molecular formula is C29H59N. The number of hydrogen-bond acceptors (Lipinski definition) is 1. The van der Waals surface area contributed by atoms with Crippen LogP contribution >= 0.6 is 0 Å². The van der Waals surface area contributed by atoms with E-state index in [-0.39, 0.29) is 16.4 Å². The molecule has 0 heterocycles. The summed E-state index contributed by atoms with van der Waals surface area (Å²) in [5.41, 5.74) is 8.22. The third-order valence-electron chi connectivity index (χ3n) is 11.0. The summed E-state index contributed by atoms with van der Waals surface area (Å²) in [6.07, 6.45) is 7.56. The maximum Gasteiger partial charge on any atom is 0.0222 e. The Morgan fingerprint density at radius 2 is 1.40 bits per heavy atom. The molecule has 1 aliphatic carbocycles. The summed E-state index contributed by atoms with van der Waals surface area (Å²) >= 11 is 0. The molecule has 2 N–H and O–H groups in total. The number of hydrogen-bond donors (Lipinski definition) is 1. The van der Waals surface area contributed by atoms with E-state index in [1.807, 2.05) is 0 Å². The molecule has 30 heavy (non-hydrogen) atoms. The van der Waals surface area contributed by atoms with Gasteiger partial charge in [0.05, 0.1) is 0 Å². The van der Waals surface area contributed by atoms with Crippen molar-refractivity contribution in [3.05, 3.63) is 0 Å². The molecule has 1 heteroatoms. The van der Waals surface area contributed by atoms with Gasteiger partial charge in [0, 0.05) is 5.54 Å². The van der Waals surface area contributed by atoms with E-state index < -0.39 is 0 Å². The number of rotatable bonds is 12. The van der Waals surface area contributed by atoms with Crippen molar-refractivity contribution >= 4 is 0 Å². The van der Waals surface area contributed by atoms with Gasteiger partial charge in [0.1, 0.15) is 0 Å². The molecule has 0 aliphatic heterocycles. The zero-order valence-electron chi connectivity index (χ0n) is 23.3. The van der Waals surface area contributed by atoms with Crippen LogP contribution in [0.4, 0.5) is 0 Å². The maximum atomic E-state index is 7.48. The second-order valence-corrected chi connectivity index (χ2v) is 12.8. The first-order chi connectivity index (χ1) is 13.7. The molecule has 0 amide bonds. The van der Waals surface area contributed by atoms with Gasteiger partial charge in [0.2, 0.25) is 0 Å². The van der Waals surface area contributed by atoms with Gasteiger partial charge in [-0.15, -0.1) is 0 Å². The van der Waals surface area contributed by atoms with Crippen molar-refractivity contribution in [2.45, 2.75) is 134 Å². The lowest BCUT2D eigenvalue weighted by atomic mass is 9.32. The molecule has 1 nitrogen and oxygen atoms in total. The van der Waals surface area contributed by atoms with E-state index in [1.54, 1.807) is 0 Å². The van der Waals surface area contributed by atoms with Gasteiger partial charge in [-0.25, -0.2) is 0 Å². The third-order valence-corrected chi connectivity index (χ3v) is 11.0. The Labute approximate surface area is 191 Å². The molecule has 0 aromatic carbocycles. The standard InChI is InChI=1S/C29H59N/c1-14-19-26(9,10)28(12)22(16-3)25(29(28,13)30)23(21(8)15-2)24(20(6)7)27(11,17-4)18-5/h20-25H,14-19,30H2,1-13H3. The second-order valence-electron chi connectivity index (χ2n) is 12.8. The van der Waals surface area contributed by atoms with E-state index in [4.69, 9.17) is 5.73 Å². The molecule has 0 aromatic heterocycles. The lowest BCUT2D eigenvalue weighted by Gasteiger charge is -2.75. The van der Waals surface area contributed by atoms with Crippen molar-refractivity contribution in [2.24, 2.45) is 57.5 Å². The molecule has 1 aliphatic rings. The fourth-order valence-corrected chi connectivity index (χ4v) is 8.51. The topological polar surface area (TPSA) is 26.0 Å². The van der Waals surface area contributed by atoms with E-state index in [9.17, 15) is 0 Å². The Kier molecular flexibility index (Phi) is 9.18. The van der Waals surface area contributed by atoms with Crippen molar-refractivity contribution in [1.29, 1.82) is 0 Å². The van der Waals surface area contributed by atoms with Crippen LogP contribution in [0.1, 0.15) is 129 Å². The summed E-state index contributed by atoms with van der Waals surface area (Å²) in [4.78, 5) is 0. The minimum atomic E-state index is -0.115. The third kappa shape index (κ3) is 4.15. The average molecular weight is 422 g/mol. The quantitative estimate of drug-likeness (QED) is 0.334. The van der Waals surface area contributed by atoms with Crippen LogP contribution in [0.3, 0.4) is 0 Å². The summed E-state index contributed by atoms with van der Waals surface area (Å²) in [6.45, 7) is 32.1. The highest BCUT2D eigenvalue weighted by Crippen LogP contribution is 2.71. The normalized spacial score (nSPS) is 33.3. The highest BCUT2D eigenvalue weighted by Gasteiger charge is 2.71. The van der Waals surface area contributed by atoms with Crippen LogP contribution in [0.25, 0.3) is 0 Å². The molecule has 1 fully saturated rings. The van der Waals surface area contributed by atoms with Crippen LogP contribution in [-0.4, -0.2) is 5.54 Å². The van der Waals surface area contributed by atoms with Gasteiger partial charge in [-0.05, 0) is 65.1 Å². The molecule has 0 aromatic rings. The Balaban J connectivity index is 3.64. The molecule has 7 unspecified atom stereocenters. The van der Waals surface area contributed by atoms with E-state index in [2.05, 4.69) is 90.0 Å². The average Bonchev–Trinajstić information content (AvgIpc) is 2.68. The molecule has 7 atom stereocenters. The first kappa shape index (κ1) is 28.0. The lowest BCUT2D eigenvalue weighted by Crippen LogP contribution is -2.79. The molecule has 1 saturated carbocycles. The van der Waals surface area contributed by atoms with Gasteiger partial charge in [-0.2, -0.15) is 0 Å². The molecule has 1 rings (SSSR count). The summed E-state index contributed by atoms with van der Waals surface area (Å²) in [5, 5.41) is 0. The Morgan fingerprint density at radius 1 is 0.900 bits per heavy atom. The minimum Gasteiger partial charge on any atom is -0.325 e. The zero-order chi connectivity index (χ0) is 23.7. The summed E-state index contributed by atoms with van der Waals surface area (Å²) in [6, 6.07) is 0. The summed E-state index contributed by atoms with van der Waals surface area (Å²) < 4.78 is 0. The summed E-state index contributed by atoms with van der Waals surface area (Å²) in [5.74, 6) is 4.16. The SMILES string of the molecule is CCCC(C)(C)C1(C)C(CC)C(C(C(C)CC)C(C(C)C)C(C)(CC)CC)C1(C)N. The van der Waals surface area contributed by atoms with Crippen LogP contribution in [0.15, 0.2) is 0 Å². The van der Waals surface area contributed by atoms with Crippen molar-refractivity contribution in [1.82, 2.24) is 0 Å². The molecule has 0 saturated heterocycles. The smallest absolute Gasteiger partial charge is 0.0222 e. The van der Waals surface area contributed by atoms with Crippen LogP contribution in [0, 0.1) is 51.8 Å². The first-order valence-electron chi connectivity index (χ1n) is 13.5. The highest BCUT2D eigenvalue weighted by molar-refractivity contribution is 5.23. The number of nitrogens with two attached hydrogens (primary N) is 1. The van der Waals surface area contributed by atoms with Gasteiger partial charge in [-0.1, -0.05) is 115 Å². The second kappa shape index (κ2) is 9.84. The van der Waals surface area contributed by atoms with Crippen molar-refractivity contribution < 1.29 is 0 Å². The van der Waals surface area contributed by atoms with E-state index in [0.717, 1.165) is 11.8 Å². The van der Waals surface area contributed by atoms with Crippen LogP contribution in [-0.2, 0) is 0 Å². The van der Waals surface area contributed by atoms with Crippen LogP contribution in [0.2, 0.25) is 0 Å². The zero-order valence-corrected chi connectivity index (χ0v) is 23.3. The van der Waals surface area contributed by atoms with Gasteiger partial charge >= 0.3 is 0 Å². The van der Waals surface area contributed by atoms with Gasteiger partial charge in [0.15, 0.2) is 0 Å². The largest absolute Gasteiger partial charge is 0.325 e. The Bertz CT molecular complexity index is 526. The van der Waals surface area contributed by atoms with Crippen LogP contribution < -0.4 is 5.73 Å². The summed E-state index contributed by atoms with van der Waals surface area (Å²) in [7, 11) is 0. The predicted molar refractivity (Wildman–Crippen MR) is 137 cm³/mol. The fourth-order valence-electron chi connectivity index (χ4n) is 8.51. The van der Waals surface area contributed by atoms with Gasteiger partial charge in [-0.3, -0.25) is 0 Å². The van der Waals surface area contributed by atoms with Gasteiger partial charge < -0.3 is 5.73 Å². The molecule has 180 valence electrons. The molecular weight excluding hydrogens is 362 g/mol. The lowest BCUT2D eigenvalue weighted by molar-refractivity contribution is -0.235. The van der Waals surface area contributed by atoms with Crippen molar-refractivity contribution in [3.8, 4) is 0 Å². The van der Waals surface area contributed by atoms with E-state index in [1.165, 1.54) is 38.5 Å². The van der Waals surface area contributed by atoms with Crippen molar-refractivity contribution in [2.75, 3.05) is 0 Å². The molecule has 0 radical (unpaired) electrons. The van der Waals surface area contributed by atoms with Crippen LogP contribution in [0.5, 0.6) is 0 Å². The monoisotopic (exact) mass is 421 g/mol. The highest BCUT2D eigenvalue weighted by atomic mass is 14.9. The van der Waals surface area contributed by atoms with E-state index >= 15 is 0 Å². The molecule has 0 bridgehead atoms. The van der Waals surface area contributed by atoms with Crippen molar-refractivity contribution in [3.63, 3.8) is 0 Å². The minimum absolute atomic E-state index is 0.115.